The Morgan fingerprint density at radius 1 is 1.09 bits per heavy atom. The summed E-state index contributed by atoms with van der Waals surface area (Å²) in [5, 5.41) is 16.2. The van der Waals surface area contributed by atoms with E-state index in [1.54, 1.807) is 24.4 Å². The highest BCUT2D eigenvalue weighted by molar-refractivity contribution is 6.04. The van der Waals surface area contributed by atoms with Gasteiger partial charge in [-0.1, -0.05) is 18.1 Å². The van der Waals surface area contributed by atoms with Gasteiger partial charge >= 0.3 is 6.18 Å². The van der Waals surface area contributed by atoms with Gasteiger partial charge in [-0.2, -0.15) is 18.3 Å². The molecular weight excluding hydrogens is 581 g/mol. The van der Waals surface area contributed by atoms with Crippen LogP contribution >= 0.6 is 0 Å². The maximum absolute atomic E-state index is 14.0. The number of hydrogen-bond acceptors (Lipinski definition) is 7. The summed E-state index contributed by atoms with van der Waals surface area (Å²) < 4.78 is 42.1. The molecule has 3 aliphatic rings. The van der Waals surface area contributed by atoms with Gasteiger partial charge in [-0.3, -0.25) is 14.8 Å². The number of nitrogens with zero attached hydrogens (tertiary/aromatic N) is 4. The summed E-state index contributed by atoms with van der Waals surface area (Å²) >= 11 is 0. The lowest BCUT2D eigenvalue weighted by Crippen LogP contribution is -2.44. The minimum absolute atomic E-state index is 0.0834. The number of rotatable bonds is 6. The molecule has 1 fully saturated rings. The van der Waals surface area contributed by atoms with E-state index in [9.17, 15) is 18.0 Å². The van der Waals surface area contributed by atoms with Gasteiger partial charge in [-0.15, -0.1) is 0 Å². The van der Waals surface area contributed by atoms with Crippen molar-refractivity contribution < 1.29 is 18.0 Å². The molecule has 0 spiro atoms. The van der Waals surface area contributed by atoms with Crippen molar-refractivity contribution in [3.05, 3.63) is 112 Å². The first-order valence-corrected chi connectivity index (χ1v) is 14.6. The van der Waals surface area contributed by atoms with Gasteiger partial charge in [0.2, 0.25) is 0 Å². The average Bonchev–Trinajstić information content (AvgIpc) is 3.69. The maximum Gasteiger partial charge on any atom is 0.416 e. The molecule has 3 aromatic rings. The average molecular weight is 615 g/mol. The molecule has 0 saturated carbocycles. The SMILES string of the molecule is Cc1ccc(C(=O)Nc2ccc(CN3CCN(C)CC3)c(C(F)(F)F)c2)cc1C#CC1=CNC2C(Nc3cc[nH]n3)=CC=CN12. The van der Waals surface area contributed by atoms with Gasteiger partial charge < -0.3 is 25.8 Å². The number of H-pyrrole nitrogens is 1. The number of halogens is 3. The zero-order chi connectivity index (χ0) is 31.6. The Bertz CT molecular complexity index is 1720. The number of piperazine rings is 1. The van der Waals surface area contributed by atoms with Crippen LogP contribution in [0.2, 0.25) is 0 Å². The summed E-state index contributed by atoms with van der Waals surface area (Å²) in [5.74, 6) is 6.52. The predicted molar refractivity (Wildman–Crippen MR) is 167 cm³/mol. The van der Waals surface area contributed by atoms with E-state index in [0.717, 1.165) is 36.1 Å². The third-order valence-electron chi connectivity index (χ3n) is 8.01. The van der Waals surface area contributed by atoms with Gasteiger partial charge in [0.05, 0.1) is 11.3 Å². The smallest absolute Gasteiger partial charge is 0.364 e. The van der Waals surface area contributed by atoms with E-state index in [4.69, 9.17) is 0 Å². The first-order chi connectivity index (χ1) is 21.6. The Kier molecular flexibility index (Phi) is 8.38. The highest BCUT2D eigenvalue weighted by atomic mass is 19.4. The van der Waals surface area contributed by atoms with E-state index >= 15 is 0 Å². The Labute approximate surface area is 259 Å². The summed E-state index contributed by atoms with van der Waals surface area (Å²) in [4.78, 5) is 19.3. The maximum atomic E-state index is 14.0. The van der Waals surface area contributed by atoms with Crippen LogP contribution in [0.15, 0.2) is 84.6 Å². The molecule has 9 nitrogen and oxygen atoms in total. The molecule has 1 amide bonds. The number of likely N-dealkylation sites (N-methyl/N-ethyl adjacent to an activating group) is 1. The summed E-state index contributed by atoms with van der Waals surface area (Å²) in [7, 11) is 2.00. The number of benzene rings is 2. The molecule has 1 aromatic heterocycles. The molecule has 4 heterocycles. The fourth-order valence-electron chi connectivity index (χ4n) is 5.41. The molecule has 1 atom stereocenters. The molecule has 2 aromatic carbocycles. The molecule has 1 saturated heterocycles. The minimum Gasteiger partial charge on any atom is -0.364 e. The van der Waals surface area contributed by atoms with Crippen LogP contribution in [0.1, 0.15) is 32.6 Å². The van der Waals surface area contributed by atoms with Crippen molar-refractivity contribution in [1.29, 1.82) is 0 Å². The van der Waals surface area contributed by atoms with Gasteiger partial charge in [0.1, 0.15) is 11.9 Å². The Hall–Kier alpha value is -4.99. The van der Waals surface area contributed by atoms with Crippen molar-refractivity contribution in [3.63, 3.8) is 0 Å². The van der Waals surface area contributed by atoms with Crippen molar-refractivity contribution in [2.24, 2.45) is 0 Å². The summed E-state index contributed by atoms with van der Waals surface area (Å²) in [5.41, 5.74) is 2.96. The highest BCUT2D eigenvalue weighted by Crippen LogP contribution is 2.35. The van der Waals surface area contributed by atoms with E-state index in [1.807, 2.05) is 54.4 Å². The van der Waals surface area contributed by atoms with Crippen LogP contribution < -0.4 is 16.0 Å². The van der Waals surface area contributed by atoms with E-state index in [-0.39, 0.29) is 24.0 Å². The van der Waals surface area contributed by atoms with Gasteiger partial charge in [0.25, 0.3) is 5.91 Å². The molecule has 12 heteroatoms. The molecule has 45 heavy (non-hydrogen) atoms. The molecule has 0 bridgehead atoms. The van der Waals surface area contributed by atoms with Gasteiger partial charge in [0.15, 0.2) is 5.82 Å². The van der Waals surface area contributed by atoms with Gasteiger partial charge in [-0.25, -0.2) is 0 Å². The normalized spacial score (nSPS) is 18.3. The molecule has 0 radical (unpaired) electrons. The number of nitrogens with one attached hydrogen (secondary N) is 4. The second-order valence-electron chi connectivity index (χ2n) is 11.2. The third-order valence-corrected chi connectivity index (χ3v) is 8.01. The van der Waals surface area contributed by atoms with Crippen LogP contribution in [0.25, 0.3) is 0 Å². The number of carbonyl (C=O) groups is 1. The number of allylic oxidation sites excluding steroid dienone is 3. The second kappa shape index (κ2) is 12.6. The number of amides is 1. The Morgan fingerprint density at radius 3 is 2.67 bits per heavy atom. The lowest BCUT2D eigenvalue weighted by Gasteiger charge is -2.33. The second-order valence-corrected chi connectivity index (χ2v) is 11.2. The van der Waals surface area contributed by atoms with Crippen LogP contribution in [0, 0.1) is 18.8 Å². The summed E-state index contributed by atoms with van der Waals surface area (Å²) in [6.45, 7) is 5.12. The number of aromatic nitrogens is 2. The van der Waals surface area contributed by atoms with Crippen LogP contribution in [-0.2, 0) is 12.7 Å². The van der Waals surface area contributed by atoms with Crippen molar-refractivity contribution in [2.75, 3.05) is 43.9 Å². The van der Waals surface area contributed by atoms with Crippen molar-refractivity contribution in [3.8, 4) is 11.8 Å². The fraction of sp³-hybridized carbons (Fsp3) is 0.273. The van der Waals surface area contributed by atoms with Crippen LogP contribution in [0.5, 0.6) is 0 Å². The molecule has 0 aliphatic carbocycles. The van der Waals surface area contributed by atoms with Crippen LogP contribution in [-0.4, -0.2) is 70.2 Å². The molecule has 3 aliphatic heterocycles. The Morgan fingerprint density at radius 2 is 1.91 bits per heavy atom. The fourth-order valence-corrected chi connectivity index (χ4v) is 5.41. The van der Waals surface area contributed by atoms with Crippen LogP contribution in [0.3, 0.4) is 0 Å². The minimum atomic E-state index is -4.55. The first kappa shape index (κ1) is 30.1. The number of fused-ring (bicyclic) bond motifs is 1. The standard InChI is InChI=1S/C33H33F3N8O/c1-22-5-6-24(18-23(22)8-10-27-20-37-31-29(4-3-13-44(27)31)40-30-11-12-38-41-30)32(45)39-26-9-7-25(28(19-26)33(34,35)36)21-43-16-14-42(2)15-17-43/h3-7,9,11-13,18-20,31,37H,14-17,21H2,1-2H3,(H,39,45)(H2,38,40,41). The highest BCUT2D eigenvalue weighted by Gasteiger charge is 2.34. The third kappa shape index (κ3) is 6.90. The summed E-state index contributed by atoms with van der Waals surface area (Å²) in [6, 6.07) is 10.9. The molecular formula is C33H33F3N8O. The van der Waals surface area contributed by atoms with E-state index in [1.165, 1.54) is 12.1 Å². The van der Waals surface area contributed by atoms with Gasteiger partial charge in [0, 0.05) is 74.2 Å². The number of anilines is 2. The molecule has 6 rings (SSSR count). The number of carbonyl (C=O) groups excluding carboxylic acids is 1. The Balaban J connectivity index is 1.15. The van der Waals surface area contributed by atoms with Crippen molar-refractivity contribution in [2.45, 2.75) is 25.8 Å². The molecule has 4 N–H and O–H groups in total. The quantitative estimate of drug-likeness (QED) is 0.300. The topological polar surface area (TPSA) is 91.6 Å². The number of aromatic amines is 1. The lowest BCUT2D eigenvalue weighted by atomic mass is 10.0. The number of alkyl halides is 3. The lowest BCUT2D eigenvalue weighted by molar-refractivity contribution is -0.138. The van der Waals surface area contributed by atoms with E-state index in [2.05, 4.69) is 42.9 Å². The van der Waals surface area contributed by atoms with Gasteiger partial charge in [-0.05, 0) is 67.4 Å². The summed E-state index contributed by atoms with van der Waals surface area (Å²) in [6.07, 6.45) is 4.62. The predicted octanol–water partition coefficient (Wildman–Crippen LogP) is 4.68. The first-order valence-electron chi connectivity index (χ1n) is 14.6. The van der Waals surface area contributed by atoms with Crippen molar-refractivity contribution >= 4 is 17.4 Å². The van der Waals surface area contributed by atoms with E-state index < -0.39 is 17.6 Å². The monoisotopic (exact) mass is 614 g/mol. The number of hydrogen-bond donors (Lipinski definition) is 4. The molecule has 1 unspecified atom stereocenters. The van der Waals surface area contributed by atoms with Crippen LogP contribution in [0.4, 0.5) is 24.7 Å². The molecule has 232 valence electrons. The van der Waals surface area contributed by atoms with Crippen molar-refractivity contribution in [1.82, 2.24) is 30.2 Å². The zero-order valence-electron chi connectivity index (χ0n) is 24.9. The zero-order valence-corrected chi connectivity index (χ0v) is 24.9. The number of aryl methyl sites for hydroxylation is 1. The van der Waals surface area contributed by atoms with E-state index in [0.29, 0.717) is 30.0 Å². The largest absolute Gasteiger partial charge is 0.416 e.